The molecule has 0 atom stereocenters. The molecule has 3 heteroatoms. The van der Waals surface area contributed by atoms with Gasteiger partial charge >= 0.3 is 0 Å². The van der Waals surface area contributed by atoms with Gasteiger partial charge in [0.2, 0.25) is 0 Å². The van der Waals surface area contributed by atoms with Crippen molar-refractivity contribution >= 4 is 74.4 Å². The normalized spacial score (nSPS) is 12.2. The average Bonchev–Trinajstić information content (AvgIpc) is 3.49. The highest BCUT2D eigenvalue weighted by atomic mass is 32.1. The third-order valence-corrected chi connectivity index (χ3v) is 10.3. The van der Waals surface area contributed by atoms with Crippen molar-refractivity contribution in [3.63, 3.8) is 0 Å². The molecule has 0 bridgehead atoms. The van der Waals surface area contributed by atoms with E-state index in [0.29, 0.717) is 0 Å². The van der Waals surface area contributed by atoms with Crippen molar-refractivity contribution in [2.24, 2.45) is 0 Å². The molecule has 0 fully saturated rings. The molecule has 0 saturated carbocycles. The van der Waals surface area contributed by atoms with Crippen LogP contribution in [-0.4, -0.2) is 0 Å². The van der Waals surface area contributed by atoms with Crippen molar-refractivity contribution in [1.29, 1.82) is 0 Å². The van der Waals surface area contributed by atoms with E-state index in [2.05, 4.69) is 50.2 Å². The average molecular weight is 493 g/mol. The lowest BCUT2D eigenvalue weighted by molar-refractivity contribution is 0.634. The second-order valence-electron chi connectivity index (χ2n) is 9.63. The Kier molecular flexibility index (Phi) is 7.69. The lowest BCUT2D eigenvalue weighted by atomic mass is 10.1. The van der Waals surface area contributed by atoms with E-state index in [-0.39, 0.29) is 0 Å². The summed E-state index contributed by atoms with van der Waals surface area (Å²) in [6, 6.07) is 14.8. The third kappa shape index (κ3) is 5.31. The van der Waals surface area contributed by atoms with Crippen molar-refractivity contribution in [3.8, 4) is 0 Å². The Balaban J connectivity index is 1.37. The predicted molar refractivity (Wildman–Crippen MR) is 155 cm³/mol. The summed E-state index contributed by atoms with van der Waals surface area (Å²) in [4.78, 5) is 3.12. The molecule has 0 saturated heterocycles. The molecule has 3 aromatic heterocycles. The largest absolute Gasteiger partial charge is 0.140 e. The van der Waals surface area contributed by atoms with Crippen LogP contribution in [0.5, 0.6) is 0 Å². The standard InChI is InChI=1S/C30H36S3/c1-3-5-7-9-11-13-23-15-21-17-25-26-18-22-16-24(14-12-10-8-6-4-2)32-28(22)20-30(26)33-29(25)19-27(21)31-23/h15-20H,3-14H2,1-2H3. The summed E-state index contributed by atoms with van der Waals surface area (Å²) in [6.07, 6.45) is 16.1. The van der Waals surface area contributed by atoms with Crippen LogP contribution >= 0.6 is 34.0 Å². The van der Waals surface area contributed by atoms with Gasteiger partial charge in [0.05, 0.1) is 0 Å². The minimum absolute atomic E-state index is 1.24. The Morgan fingerprint density at radius 1 is 0.455 bits per heavy atom. The quantitative estimate of drug-likeness (QED) is 0.152. The van der Waals surface area contributed by atoms with Gasteiger partial charge in [0.25, 0.3) is 0 Å². The fourth-order valence-electron chi connectivity index (χ4n) is 5.01. The molecule has 0 N–H and O–H groups in total. The second-order valence-corrected chi connectivity index (χ2v) is 13.0. The van der Waals surface area contributed by atoms with E-state index in [1.165, 1.54) is 117 Å². The van der Waals surface area contributed by atoms with Gasteiger partial charge in [-0.2, -0.15) is 0 Å². The van der Waals surface area contributed by atoms with Gasteiger partial charge in [-0.05, 0) is 72.9 Å². The van der Waals surface area contributed by atoms with Crippen LogP contribution in [0.1, 0.15) is 87.8 Å². The fraction of sp³-hybridized carbons (Fsp3) is 0.467. The molecule has 0 nitrogen and oxygen atoms in total. The van der Waals surface area contributed by atoms with Gasteiger partial charge in [-0.3, -0.25) is 0 Å². The highest BCUT2D eigenvalue weighted by Gasteiger charge is 2.12. The summed E-state index contributed by atoms with van der Waals surface area (Å²) >= 11 is 6.00. The molecular formula is C30H36S3. The Labute approximate surface area is 210 Å². The van der Waals surface area contributed by atoms with E-state index in [4.69, 9.17) is 0 Å². The van der Waals surface area contributed by atoms with Gasteiger partial charge < -0.3 is 0 Å². The fourth-order valence-corrected chi connectivity index (χ4v) is 8.56. The van der Waals surface area contributed by atoms with Crippen LogP contribution in [0.15, 0.2) is 36.4 Å². The molecule has 0 amide bonds. The van der Waals surface area contributed by atoms with E-state index < -0.39 is 0 Å². The van der Waals surface area contributed by atoms with Crippen LogP contribution in [0.3, 0.4) is 0 Å². The van der Waals surface area contributed by atoms with Crippen LogP contribution in [0.2, 0.25) is 0 Å². The van der Waals surface area contributed by atoms with E-state index in [1.54, 1.807) is 9.75 Å². The van der Waals surface area contributed by atoms with E-state index in [0.717, 1.165) is 0 Å². The first-order valence-corrected chi connectivity index (χ1v) is 15.5. The van der Waals surface area contributed by atoms with Crippen LogP contribution < -0.4 is 0 Å². The number of fused-ring (bicyclic) bond motifs is 5. The molecule has 2 aromatic carbocycles. The van der Waals surface area contributed by atoms with Crippen molar-refractivity contribution in [3.05, 3.63) is 46.2 Å². The highest BCUT2D eigenvalue weighted by Crippen LogP contribution is 2.42. The van der Waals surface area contributed by atoms with Gasteiger partial charge in [-0.1, -0.05) is 65.2 Å². The summed E-state index contributed by atoms with van der Waals surface area (Å²) in [5, 5.41) is 5.77. The number of unbranched alkanes of at least 4 members (excludes halogenated alkanes) is 8. The van der Waals surface area contributed by atoms with Crippen molar-refractivity contribution in [1.82, 2.24) is 0 Å². The molecule has 3 heterocycles. The zero-order chi connectivity index (χ0) is 22.6. The number of aryl methyl sites for hydroxylation is 2. The molecule has 0 aliphatic rings. The smallest absolute Gasteiger partial charge is 0.0369 e. The molecule has 0 aliphatic heterocycles. The number of benzene rings is 2. The maximum atomic E-state index is 2.47. The summed E-state index contributed by atoms with van der Waals surface area (Å²) in [7, 11) is 0. The van der Waals surface area contributed by atoms with Gasteiger partial charge in [-0.25, -0.2) is 0 Å². The number of hydrogen-bond acceptors (Lipinski definition) is 3. The van der Waals surface area contributed by atoms with Crippen molar-refractivity contribution in [2.45, 2.75) is 90.9 Å². The van der Waals surface area contributed by atoms with E-state index in [1.807, 2.05) is 34.0 Å². The van der Waals surface area contributed by atoms with E-state index >= 15 is 0 Å². The summed E-state index contributed by atoms with van der Waals surface area (Å²) in [5.74, 6) is 0. The molecule has 0 spiro atoms. The van der Waals surface area contributed by atoms with Crippen LogP contribution in [0.4, 0.5) is 0 Å². The Morgan fingerprint density at radius 2 is 0.909 bits per heavy atom. The SMILES string of the molecule is CCCCCCCc1cc2cc3c(cc2s1)sc1cc2sc(CCCCCCC)cc2cc13. The van der Waals surface area contributed by atoms with Gasteiger partial charge in [0.1, 0.15) is 0 Å². The van der Waals surface area contributed by atoms with Gasteiger partial charge in [0.15, 0.2) is 0 Å². The first kappa shape index (κ1) is 23.3. The van der Waals surface area contributed by atoms with Crippen LogP contribution in [-0.2, 0) is 12.8 Å². The summed E-state index contributed by atoms with van der Waals surface area (Å²) < 4.78 is 5.82. The summed E-state index contributed by atoms with van der Waals surface area (Å²) in [5.41, 5.74) is 0. The monoisotopic (exact) mass is 492 g/mol. The summed E-state index contributed by atoms with van der Waals surface area (Å²) in [6.45, 7) is 4.58. The Bertz CT molecular complexity index is 1240. The zero-order valence-electron chi connectivity index (χ0n) is 20.2. The molecular weight excluding hydrogens is 457 g/mol. The Hall–Kier alpha value is -1.42. The predicted octanol–water partition coefficient (Wildman–Crippen LogP) is 11.5. The molecule has 5 rings (SSSR count). The van der Waals surface area contributed by atoms with Crippen LogP contribution in [0.25, 0.3) is 40.3 Å². The first-order chi connectivity index (χ1) is 16.2. The first-order valence-electron chi connectivity index (χ1n) is 13.1. The maximum absolute atomic E-state index is 2.47. The minimum Gasteiger partial charge on any atom is -0.140 e. The molecule has 0 unspecified atom stereocenters. The van der Waals surface area contributed by atoms with Gasteiger partial charge in [-0.15, -0.1) is 34.0 Å². The molecule has 0 radical (unpaired) electrons. The molecule has 5 aromatic rings. The molecule has 33 heavy (non-hydrogen) atoms. The third-order valence-electron chi connectivity index (χ3n) is 6.90. The topological polar surface area (TPSA) is 0 Å². The van der Waals surface area contributed by atoms with E-state index in [9.17, 15) is 0 Å². The second kappa shape index (κ2) is 10.9. The number of thiophene rings is 3. The minimum atomic E-state index is 1.24. The van der Waals surface area contributed by atoms with Gasteiger partial charge in [0, 0.05) is 39.3 Å². The zero-order valence-corrected chi connectivity index (χ0v) is 22.6. The maximum Gasteiger partial charge on any atom is 0.0369 e. The lowest BCUT2D eigenvalue weighted by Crippen LogP contribution is -1.81. The number of rotatable bonds is 12. The molecule has 174 valence electrons. The molecule has 0 aliphatic carbocycles. The Morgan fingerprint density at radius 3 is 1.36 bits per heavy atom. The van der Waals surface area contributed by atoms with Crippen LogP contribution in [0, 0.1) is 0 Å². The highest BCUT2D eigenvalue weighted by molar-refractivity contribution is 7.27. The number of hydrogen-bond donors (Lipinski definition) is 0. The lowest BCUT2D eigenvalue weighted by Gasteiger charge is -1.97. The van der Waals surface area contributed by atoms with Crippen molar-refractivity contribution < 1.29 is 0 Å². The van der Waals surface area contributed by atoms with Crippen molar-refractivity contribution in [2.75, 3.05) is 0 Å².